The minimum atomic E-state index is -0.153. The molecule has 0 atom stereocenters. The molecule has 0 unspecified atom stereocenters. The molecule has 5 heteroatoms. The first-order valence-corrected chi connectivity index (χ1v) is 8.51. The molecule has 1 aromatic rings. The number of nitrogens with one attached hydrogen (secondary N) is 2. The van der Waals surface area contributed by atoms with Crippen molar-refractivity contribution in [2.45, 2.75) is 45.1 Å². The lowest BCUT2D eigenvalue weighted by Gasteiger charge is -2.33. The molecule has 1 fully saturated rings. The summed E-state index contributed by atoms with van der Waals surface area (Å²) in [4.78, 5) is 26.4. The average molecular weight is 317 g/mol. The molecule has 2 amide bonds. The first-order valence-electron chi connectivity index (χ1n) is 8.51. The topological polar surface area (TPSA) is 61.4 Å². The minimum Gasteiger partial charge on any atom is -0.376 e. The zero-order valence-corrected chi connectivity index (χ0v) is 14.1. The molecular weight excluding hydrogens is 290 g/mol. The van der Waals surface area contributed by atoms with E-state index in [9.17, 15) is 9.59 Å². The number of rotatable bonds is 6. The molecule has 23 heavy (non-hydrogen) atoms. The van der Waals surface area contributed by atoms with E-state index in [0.29, 0.717) is 17.3 Å². The Bertz CT molecular complexity index is 539. The molecule has 1 saturated carbocycles. The van der Waals surface area contributed by atoms with Gasteiger partial charge in [-0.2, -0.15) is 0 Å². The number of carbonyl (C=O) groups is 2. The van der Waals surface area contributed by atoms with Gasteiger partial charge in [-0.05, 0) is 31.9 Å². The summed E-state index contributed by atoms with van der Waals surface area (Å²) in [6, 6.07) is 7.63. The van der Waals surface area contributed by atoms with Crippen molar-refractivity contribution in [3.8, 4) is 0 Å². The average Bonchev–Trinajstić information content (AvgIpc) is 2.61. The number of amides is 2. The fourth-order valence-electron chi connectivity index (χ4n) is 3.27. The Balaban J connectivity index is 1.99. The largest absolute Gasteiger partial charge is 0.376 e. The third kappa shape index (κ3) is 4.47. The van der Waals surface area contributed by atoms with Crippen LogP contribution in [0.1, 0.15) is 49.4 Å². The van der Waals surface area contributed by atoms with Gasteiger partial charge in [0.05, 0.1) is 12.1 Å². The lowest BCUT2D eigenvalue weighted by molar-refractivity contribution is -0.132. The Morgan fingerprint density at radius 2 is 1.87 bits per heavy atom. The van der Waals surface area contributed by atoms with Crippen LogP contribution in [0.2, 0.25) is 0 Å². The van der Waals surface area contributed by atoms with E-state index in [0.717, 1.165) is 19.4 Å². The second-order valence-corrected chi connectivity index (χ2v) is 5.95. The third-order valence-electron chi connectivity index (χ3n) is 4.51. The van der Waals surface area contributed by atoms with Gasteiger partial charge in [0.25, 0.3) is 5.91 Å². The van der Waals surface area contributed by atoms with Gasteiger partial charge < -0.3 is 15.5 Å². The van der Waals surface area contributed by atoms with Crippen molar-refractivity contribution in [2.75, 3.05) is 25.5 Å². The SMILES string of the molecule is CCN(C(=O)CNc1ccccc1C(=O)NC)C1CCCCC1. The predicted octanol–water partition coefficient (Wildman–Crippen LogP) is 2.64. The summed E-state index contributed by atoms with van der Waals surface area (Å²) in [5.41, 5.74) is 1.25. The number of hydrogen-bond donors (Lipinski definition) is 2. The maximum absolute atomic E-state index is 12.6. The van der Waals surface area contributed by atoms with E-state index < -0.39 is 0 Å². The Morgan fingerprint density at radius 1 is 1.17 bits per heavy atom. The summed E-state index contributed by atoms with van der Waals surface area (Å²) >= 11 is 0. The van der Waals surface area contributed by atoms with Crippen molar-refractivity contribution in [3.63, 3.8) is 0 Å². The fourth-order valence-corrected chi connectivity index (χ4v) is 3.27. The zero-order chi connectivity index (χ0) is 16.7. The van der Waals surface area contributed by atoms with Crippen LogP contribution in [0.5, 0.6) is 0 Å². The molecule has 2 rings (SSSR count). The molecular formula is C18H27N3O2. The molecule has 1 aromatic carbocycles. The highest BCUT2D eigenvalue weighted by atomic mass is 16.2. The van der Waals surface area contributed by atoms with Crippen LogP contribution < -0.4 is 10.6 Å². The number of carbonyl (C=O) groups excluding carboxylic acids is 2. The van der Waals surface area contributed by atoms with E-state index in [2.05, 4.69) is 10.6 Å². The fraction of sp³-hybridized carbons (Fsp3) is 0.556. The van der Waals surface area contributed by atoms with Gasteiger partial charge in [-0.1, -0.05) is 31.4 Å². The second kappa shape index (κ2) is 8.56. The molecule has 1 aliphatic carbocycles. The molecule has 0 aromatic heterocycles. The normalized spacial score (nSPS) is 15.0. The Hall–Kier alpha value is -2.04. The Labute approximate surface area is 138 Å². The summed E-state index contributed by atoms with van der Waals surface area (Å²) in [6.07, 6.45) is 5.91. The maximum Gasteiger partial charge on any atom is 0.253 e. The minimum absolute atomic E-state index is 0.103. The van der Waals surface area contributed by atoms with E-state index >= 15 is 0 Å². The highest BCUT2D eigenvalue weighted by Crippen LogP contribution is 2.23. The molecule has 0 saturated heterocycles. The lowest BCUT2D eigenvalue weighted by atomic mass is 9.94. The molecule has 5 nitrogen and oxygen atoms in total. The smallest absolute Gasteiger partial charge is 0.253 e. The van der Waals surface area contributed by atoms with Gasteiger partial charge in [-0.15, -0.1) is 0 Å². The van der Waals surface area contributed by atoms with Gasteiger partial charge in [-0.25, -0.2) is 0 Å². The van der Waals surface area contributed by atoms with E-state index in [1.165, 1.54) is 19.3 Å². The molecule has 2 N–H and O–H groups in total. The highest BCUT2D eigenvalue weighted by molar-refractivity contribution is 5.99. The number of para-hydroxylation sites is 1. The highest BCUT2D eigenvalue weighted by Gasteiger charge is 2.24. The van der Waals surface area contributed by atoms with Crippen LogP contribution in [0.15, 0.2) is 24.3 Å². The Morgan fingerprint density at radius 3 is 2.52 bits per heavy atom. The first kappa shape index (κ1) is 17.3. The molecule has 1 aliphatic rings. The molecule has 0 bridgehead atoms. The van der Waals surface area contributed by atoms with Crippen molar-refractivity contribution in [3.05, 3.63) is 29.8 Å². The van der Waals surface area contributed by atoms with Gasteiger partial charge in [0, 0.05) is 25.3 Å². The number of nitrogens with zero attached hydrogens (tertiary/aromatic N) is 1. The van der Waals surface area contributed by atoms with E-state index in [1.54, 1.807) is 13.1 Å². The van der Waals surface area contributed by atoms with Gasteiger partial charge in [-0.3, -0.25) is 9.59 Å². The van der Waals surface area contributed by atoms with Crippen molar-refractivity contribution in [2.24, 2.45) is 0 Å². The summed E-state index contributed by atoms with van der Waals surface area (Å²) in [7, 11) is 1.60. The zero-order valence-electron chi connectivity index (χ0n) is 14.1. The van der Waals surface area contributed by atoms with Crippen molar-refractivity contribution >= 4 is 17.5 Å². The number of hydrogen-bond acceptors (Lipinski definition) is 3. The molecule has 0 radical (unpaired) electrons. The summed E-state index contributed by atoms with van der Waals surface area (Å²) in [5, 5.41) is 5.75. The molecule has 0 aliphatic heterocycles. The quantitative estimate of drug-likeness (QED) is 0.848. The summed E-state index contributed by atoms with van der Waals surface area (Å²) < 4.78 is 0. The van der Waals surface area contributed by atoms with Crippen LogP contribution in [0.3, 0.4) is 0 Å². The van der Waals surface area contributed by atoms with Crippen molar-refractivity contribution in [1.29, 1.82) is 0 Å². The number of benzene rings is 1. The van der Waals surface area contributed by atoms with E-state index in [1.807, 2.05) is 30.0 Å². The lowest BCUT2D eigenvalue weighted by Crippen LogP contribution is -2.44. The van der Waals surface area contributed by atoms with Crippen LogP contribution in [-0.2, 0) is 4.79 Å². The monoisotopic (exact) mass is 317 g/mol. The van der Waals surface area contributed by atoms with Crippen molar-refractivity contribution in [1.82, 2.24) is 10.2 Å². The number of likely N-dealkylation sites (N-methyl/N-ethyl adjacent to an activating group) is 1. The van der Waals surface area contributed by atoms with Crippen LogP contribution >= 0.6 is 0 Å². The van der Waals surface area contributed by atoms with E-state index in [-0.39, 0.29) is 18.4 Å². The maximum atomic E-state index is 12.6. The van der Waals surface area contributed by atoms with Gasteiger partial charge >= 0.3 is 0 Å². The van der Waals surface area contributed by atoms with Gasteiger partial charge in [0.15, 0.2) is 0 Å². The third-order valence-corrected chi connectivity index (χ3v) is 4.51. The standard InChI is InChI=1S/C18H27N3O2/c1-3-21(14-9-5-4-6-10-14)17(22)13-20-16-12-8-7-11-15(16)18(23)19-2/h7-8,11-12,14,20H,3-6,9-10,13H2,1-2H3,(H,19,23). The van der Waals surface area contributed by atoms with Gasteiger partial charge in [0.2, 0.25) is 5.91 Å². The van der Waals surface area contributed by atoms with Crippen LogP contribution in [0.25, 0.3) is 0 Å². The summed E-state index contributed by atoms with van der Waals surface area (Å²) in [5.74, 6) is -0.0497. The van der Waals surface area contributed by atoms with E-state index in [4.69, 9.17) is 0 Å². The van der Waals surface area contributed by atoms with Gasteiger partial charge in [0.1, 0.15) is 0 Å². The molecule has 126 valence electrons. The molecule has 0 spiro atoms. The summed E-state index contributed by atoms with van der Waals surface area (Å²) in [6.45, 7) is 2.99. The first-order chi connectivity index (χ1) is 11.2. The number of anilines is 1. The molecule has 0 heterocycles. The van der Waals surface area contributed by atoms with Crippen LogP contribution in [0.4, 0.5) is 5.69 Å². The second-order valence-electron chi connectivity index (χ2n) is 5.95. The van der Waals surface area contributed by atoms with Crippen LogP contribution in [0, 0.1) is 0 Å². The predicted molar refractivity (Wildman–Crippen MR) is 92.6 cm³/mol. The van der Waals surface area contributed by atoms with Crippen LogP contribution in [-0.4, -0.2) is 42.9 Å². The Kier molecular flexibility index (Phi) is 6.44. The van der Waals surface area contributed by atoms with Crippen molar-refractivity contribution < 1.29 is 9.59 Å².